The maximum atomic E-state index is 12.5. The van der Waals surface area contributed by atoms with Gasteiger partial charge in [-0.15, -0.1) is 11.3 Å². The molecule has 0 bridgehead atoms. The molecule has 0 saturated heterocycles. The number of hydrogen-bond donors (Lipinski definition) is 2. The third-order valence-electron chi connectivity index (χ3n) is 5.07. The van der Waals surface area contributed by atoms with Crippen LogP contribution in [0.1, 0.15) is 31.2 Å². The predicted octanol–water partition coefficient (Wildman–Crippen LogP) is 4.86. The highest BCUT2D eigenvalue weighted by Gasteiger charge is 2.13. The molecular formula is C25H19N3O7S. The Hall–Kier alpha value is -4.77. The number of benzene rings is 3. The van der Waals surface area contributed by atoms with Crippen molar-refractivity contribution in [1.29, 1.82) is 0 Å². The van der Waals surface area contributed by atoms with Crippen LogP contribution in [-0.2, 0) is 6.61 Å². The van der Waals surface area contributed by atoms with Gasteiger partial charge in [-0.05, 0) is 53.6 Å². The summed E-state index contributed by atoms with van der Waals surface area (Å²) in [6.45, 7) is 0.152. The standard InChI is InChI=1S/C25H19N3O7S/c1-34-21-10-15(5-7-20(21)35-14-16-3-2-4-17(9-16)25(30)31)13-26-27-24(29)23-12-18-11-19(28(32)33)6-8-22(18)36-23/h2-13H,14H2,1H3,(H,27,29)(H,30,31)/b26-13-. The second-order valence-corrected chi connectivity index (χ2v) is 8.58. The molecule has 10 nitrogen and oxygen atoms in total. The van der Waals surface area contributed by atoms with Crippen LogP contribution < -0.4 is 14.9 Å². The second-order valence-electron chi connectivity index (χ2n) is 7.49. The molecular weight excluding hydrogens is 486 g/mol. The number of nitro groups is 1. The van der Waals surface area contributed by atoms with Gasteiger partial charge < -0.3 is 14.6 Å². The lowest BCUT2D eigenvalue weighted by atomic mass is 10.1. The Kier molecular flexibility index (Phi) is 7.21. The summed E-state index contributed by atoms with van der Waals surface area (Å²) in [6.07, 6.45) is 1.44. The van der Waals surface area contributed by atoms with Crippen molar-refractivity contribution in [2.45, 2.75) is 6.61 Å². The molecule has 1 amide bonds. The Labute approximate surface area is 208 Å². The SMILES string of the molecule is COc1cc(/C=N\NC(=O)c2cc3cc([N+](=O)[O-])ccc3s2)ccc1OCc1cccc(C(=O)O)c1. The Bertz CT molecular complexity index is 1500. The number of nitrogens with zero attached hydrogens (tertiary/aromatic N) is 2. The first-order valence-corrected chi connectivity index (χ1v) is 11.3. The number of nitrogens with one attached hydrogen (secondary N) is 1. The van der Waals surface area contributed by atoms with Crippen LogP contribution in [0.2, 0.25) is 0 Å². The molecule has 2 N–H and O–H groups in total. The van der Waals surface area contributed by atoms with Gasteiger partial charge in [-0.1, -0.05) is 12.1 Å². The summed E-state index contributed by atoms with van der Waals surface area (Å²) < 4.78 is 11.9. The number of nitro benzene ring substituents is 1. The topological polar surface area (TPSA) is 140 Å². The number of amides is 1. The highest BCUT2D eigenvalue weighted by Crippen LogP contribution is 2.30. The molecule has 0 radical (unpaired) electrons. The average Bonchev–Trinajstić information content (AvgIpc) is 3.31. The van der Waals surface area contributed by atoms with E-state index < -0.39 is 16.8 Å². The van der Waals surface area contributed by atoms with Gasteiger partial charge in [-0.2, -0.15) is 5.10 Å². The van der Waals surface area contributed by atoms with Crippen molar-refractivity contribution in [3.63, 3.8) is 0 Å². The van der Waals surface area contributed by atoms with Crippen molar-refractivity contribution in [2.75, 3.05) is 7.11 Å². The summed E-state index contributed by atoms with van der Waals surface area (Å²) in [5.41, 5.74) is 3.91. The van der Waals surface area contributed by atoms with Crippen LogP contribution in [0.4, 0.5) is 5.69 Å². The lowest BCUT2D eigenvalue weighted by molar-refractivity contribution is -0.384. The van der Waals surface area contributed by atoms with E-state index in [0.29, 0.717) is 32.9 Å². The number of non-ortho nitro benzene ring substituents is 1. The lowest BCUT2D eigenvalue weighted by Crippen LogP contribution is -2.16. The van der Waals surface area contributed by atoms with Crippen LogP contribution in [0.25, 0.3) is 10.1 Å². The molecule has 0 aliphatic heterocycles. The summed E-state index contributed by atoms with van der Waals surface area (Å²) in [7, 11) is 1.49. The van der Waals surface area contributed by atoms with E-state index in [0.717, 1.165) is 4.70 Å². The van der Waals surface area contributed by atoms with Crippen LogP contribution in [0.15, 0.2) is 71.8 Å². The van der Waals surface area contributed by atoms with Gasteiger partial charge in [-0.25, -0.2) is 10.2 Å². The molecule has 0 aliphatic carbocycles. The molecule has 0 unspecified atom stereocenters. The molecule has 4 rings (SSSR count). The van der Waals surface area contributed by atoms with E-state index in [1.807, 2.05) is 0 Å². The van der Waals surface area contributed by atoms with Crippen molar-refractivity contribution >= 4 is 45.2 Å². The number of carbonyl (C=O) groups excluding carboxylic acids is 1. The lowest BCUT2D eigenvalue weighted by Gasteiger charge is -2.11. The minimum absolute atomic E-state index is 0.0413. The molecule has 36 heavy (non-hydrogen) atoms. The van der Waals surface area contributed by atoms with Crippen LogP contribution in [0, 0.1) is 10.1 Å². The summed E-state index contributed by atoms with van der Waals surface area (Å²) in [4.78, 5) is 34.4. The van der Waals surface area contributed by atoms with Gasteiger partial charge in [0, 0.05) is 22.2 Å². The van der Waals surface area contributed by atoms with Crippen molar-refractivity contribution in [2.24, 2.45) is 5.10 Å². The van der Waals surface area contributed by atoms with Gasteiger partial charge in [-0.3, -0.25) is 14.9 Å². The van der Waals surface area contributed by atoms with Gasteiger partial charge in [0.25, 0.3) is 11.6 Å². The number of carbonyl (C=O) groups is 2. The van der Waals surface area contributed by atoms with Crippen LogP contribution >= 0.6 is 11.3 Å². The fourth-order valence-corrected chi connectivity index (χ4v) is 4.25. The number of thiophene rings is 1. The first kappa shape index (κ1) is 24.4. The fourth-order valence-electron chi connectivity index (χ4n) is 3.32. The maximum absolute atomic E-state index is 12.5. The Balaban J connectivity index is 1.40. The number of hydrogen-bond acceptors (Lipinski definition) is 8. The number of carboxylic acids is 1. The van der Waals surface area contributed by atoms with E-state index in [9.17, 15) is 19.7 Å². The Morgan fingerprint density at radius 1 is 1.11 bits per heavy atom. The summed E-state index contributed by atoms with van der Waals surface area (Å²) >= 11 is 1.21. The molecule has 0 aliphatic rings. The van der Waals surface area contributed by atoms with Gasteiger partial charge in [0.05, 0.1) is 28.7 Å². The normalized spacial score (nSPS) is 10.9. The number of fused-ring (bicyclic) bond motifs is 1. The highest BCUT2D eigenvalue weighted by atomic mass is 32.1. The average molecular weight is 506 g/mol. The van der Waals surface area contributed by atoms with Gasteiger partial charge in [0.1, 0.15) is 6.61 Å². The third-order valence-corrected chi connectivity index (χ3v) is 6.19. The first-order chi connectivity index (χ1) is 17.3. The number of rotatable bonds is 9. The van der Waals surface area contributed by atoms with Crippen LogP contribution in [0.5, 0.6) is 11.5 Å². The fraction of sp³-hybridized carbons (Fsp3) is 0.0800. The molecule has 182 valence electrons. The van der Waals surface area contributed by atoms with E-state index in [-0.39, 0.29) is 17.9 Å². The minimum Gasteiger partial charge on any atom is -0.493 e. The Morgan fingerprint density at radius 3 is 2.69 bits per heavy atom. The summed E-state index contributed by atoms with van der Waals surface area (Å²) in [5.74, 6) is -0.559. The van der Waals surface area contributed by atoms with E-state index >= 15 is 0 Å². The first-order valence-electron chi connectivity index (χ1n) is 10.5. The van der Waals surface area contributed by atoms with Gasteiger partial charge in [0.2, 0.25) is 0 Å². The zero-order chi connectivity index (χ0) is 25.7. The molecule has 1 aromatic heterocycles. The highest BCUT2D eigenvalue weighted by molar-refractivity contribution is 7.20. The molecule has 0 spiro atoms. The van der Waals surface area contributed by atoms with Crippen molar-refractivity contribution in [1.82, 2.24) is 5.43 Å². The summed E-state index contributed by atoms with van der Waals surface area (Å²) in [5, 5.41) is 24.6. The number of aromatic carboxylic acids is 1. The number of ether oxygens (including phenoxy) is 2. The van der Waals surface area contributed by atoms with Crippen LogP contribution in [-0.4, -0.2) is 35.2 Å². The Morgan fingerprint density at radius 2 is 1.94 bits per heavy atom. The largest absolute Gasteiger partial charge is 0.493 e. The third kappa shape index (κ3) is 5.65. The molecule has 0 fully saturated rings. The number of hydrazone groups is 1. The summed E-state index contributed by atoms with van der Waals surface area (Å²) in [6, 6.07) is 17.5. The van der Waals surface area contributed by atoms with E-state index in [1.54, 1.807) is 42.5 Å². The van der Waals surface area contributed by atoms with Gasteiger partial charge >= 0.3 is 5.97 Å². The van der Waals surface area contributed by atoms with Crippen molar-refractivity contribution in [3.8, 4) is 11.5 Å². The van der Waals surface area contributed by atoms with Crippen molar-refractivity contribution < 1.29 is 29.1 Å². The monoisotopic (exact) mass is 505 g/mol. The van der Waals surface area contributed by atoms with E-state index in [2.05, 4.69) is 10.5 Å². The smallest absolute Gasteiger partial charge is 0.335 e. The second kappa shape index (κ2) is 10.7. The molecule has 0 saturated carbocycles. The zero-order valence-corrected chi connectivity index (χ0v) is 19.7. The molecule has 4 aromatic rings. The molecule has 11 heteroatoms. The molecule has 3 aromatic carbocycles. The predicted molar refractivity (Wildman–Crippen MR) is 134 cm³/mol. The number of methoxy groups -OCH3 is 1. The number of carboxylic acid groups (broad SMARTS) is 1. The zero-order valence-electron chi connectivity index (χ0n) is 18.8. The van der Waals surface area contributed by atoms with Gasteiger partial charge in [0.15, 0.2) is 11.5 Å². The minimum atomic E-state index is -1.01. The molecule has 0 atom stereocenters. The van der Waals surface area contributed by atoms with Crippen molar-refractivity contribution in [3.05, 3.63) is 98.4 Å². The quantitative estimate of drug-likeness (QED) is 0.188. The van der Waals surface area contributed by atoms with Crippen LogP contribution in [0.3, 0.4) is 0 Å². The van der Waals surface area contributed by atoms with E-state index in [1.165, 1.54) is 48.9 Å². The maximum Gasteiger partial charge on any atom is 0.335 e. The molecule has 1 heterocycles. The van der Waals surface area contributed by atoms with E-state index in [4.69, 9.17) is 14.6 Å².